The number of carbonyl (C=O) groups excluding carboxylic acids is 2. The minimum absolute atomic E-state index is 0.0191. The summed E-state index contributed by atoms with van der Waals surface area (Å²) in [6.45, 7) is 3.97. The Morgan fingerprint density at radius 3 is 2.52 bits per heavy atom. The van der Waals surface area contributed by atoms with E-state index in [1.165, 1.54) is 12.8 Å². The van der Waals surface area contributed by atoms with E-state index in [2.05, 4.69) is 10.6 Å². The fourth-order valence-electron chi connectivity index (χ4n) is 2.96. The van der Waals surface area contributed by atoms with Gasteiger partial charge in [-0.3, -0.25) is 9.59 Å². The van der Waals surface area contributed by atoms with Gasteiger partial charge in [-0.1, -0.05) is 19.9 Å². The van der Waals surface area contributed by atoms with Gasteiger partial charge in [0, 0.05) is 6.54 Å². The van der Waals surface area contributed by atoms with Crippen molar-refractivity contribution >= 4 is 11.8 Å². The molecule has 2 amide bonds. The zero-order valence-electron chi connectivity index (χ0n) is 16.4. The molecule has 27 heavy (non-hydrogen) atoms. The number of hydrogen-bond donors (Lipinski definition) is 3. The SMILES string of the molecule is COc1ccc(CNC(=O)CNC(=O)[C@@H](N)C(C)C)cc1OC1CCCC1. The molecule has 0 spiro atoms. The van der Waals surface area contributed by atoms with E-state index in [1.807, 2.05) is 32.0 Å². The number of nitrogens with two attached hydrogens (primary N) is 1. The van der Waals surface area contributed by atoms with Crippen molar-refractivity contribution < 1.29 is 19.1 Å². The monoisotopic (exact) mass is 377 g/mol. The molecule has 0 radical (unpaired) electrons. The maximum absolute atomic E-state index is 12.0. The van der Waals surface area contributed by atoms with Crippen LogP contribution in [0.25, 0.3) is 0 Å². The second-order valence-electron chi connectivity index (χ2n) is 7.27. The highest BCUT2D eigenvalue weighted by molar-refractivity contribution is 5.87. The van der Waals surface area contributed by atoms with Crippen LogP contribution in [0.4, 0.5) is 0 Å². The molecule has 1 atom stereocenters. The summed E-state index contributed by atoms with van der Waals surface area (Å²) in [5.74, 6) is 0.815. The molecule has 0 aliphatic heterocycles. The van der Waals surface area contributed by atoms with Gasteiger partial charge >= 0.3 is 0 Å². The molecular formula is C20H31N3O4. The lowest BCUT2D eigenvalue weighted by molar-refractivity contribution is -0.127. The fourth-order valence-corrected chi connectivity index (χ4v) is 2.96. The summed E-state index contributed by atoms with van der Waals surface area (Å²) in [4.78, 5) is 23.8. The zero-order chi connectivity index (χ0) is 19.8. The summed E-state index contributed by atoms with van der Waals surface area (Å²) in [6, 6.07) is 5.00. The molecule has 0 aromatic heterocycles. The standard InChI is InChI=1S/C20H31N3O4/c1-13(2)19(21)20(25)23-12-18(24)22-11-14-8-9-16(26-3)17(10-14)27-15-6-4-5-7-15/h8-10,13,15,19H,4-7,11-12,21H2,1-3H3,(H,22,24)(H,23,25)/t19-/m0/s1. The molecule has 1 fully saturated rings. The smallest absolute Gasteiger partial charge is 0.239 e. The summed E-state index contributed by atoms with van der Waals surface area (Å²) in [5, 5.41) is 5.35. The van der Waals surface area contributed by atoms with E-state index in [4.69, 9.17) is 15.2 Å². The maximum atomic E-state index is 12.0. The second-order valence-corrected chi connectivity index (χ2v) is 7.27. The highest BCUT2D eigenvalue weighted by Gasteiger charge is 2.19. The predicted molar refractivity (Wildman–Crippen MR) is 104 cm³/mol. The van der Waals surface area contributed by atoms with Crippen molar-refractivity contribution in [1.82, 2.24) is 10.6 Å². The average molecular weight is 377 g/mol. The number of ether oxygens (including phenoxy) is 2. The molecule has 1 aromatic carbocycles. The quantitative estimate of drug-likeness (QED) is 0.608. The normalized spacial score (nSPS) is 15.4. The molecule has 7 nitrogen and oxygen atoms in total. The highest BCUT2D eigenvalue weighted by atomic mass is 16.5. The van der Waals surface area contributed by atoms with Gasteiger partial charge < -0.3 is 25.8 Å². The first-order valence-electron chi connectivity index (χ1n) is 9.54. The second kappa shape index (κ2) is 10.2. The Hall–Kier alpha value is -2.28. The molecule has 0 heterocycles. The topological polar surface area (TPSA) is 103 Å². The summed E-state index contributed by atoms with van der Waals surface area (Å²) in [6.07, 6.45) is 4.72. The summed E-state index contributed by atoms with van der Waals surface area (Å²) in [5.41, 5.74) is 6.66. The largest absolute Gasteiger partial charge is 0.493 e. The minimum atomic E-state index is -0.616. The third-order valence-corrected chi connectivity index (χ3v) is 4.76. The number of rotatable bonds is 9. The third kappa shape index (κ3) is 6.43. The fraction of sp³-hybridized carbons (Fsp3) is 0.600. The van der Waals surface area contributed by atoms with Crippen LogP contribution in [0.2, 0.25) is 0 Å². The lowest BCUT2D eigenvalue weighted by Gasteiger charge is -2.17. The summed E-state index contributed by atoms with van der Waals surface area (Å²) in [7, 11) is 1.61. The van der Waals surface area contributed by atoms with Crippen molar-refractivity contribution in [2.75, 3.05) is 13.7 Å². The first kappa shape index (κ1) is 21.0. The van der Waals surface area contributed by atoms with E-state index in [0.717, 1.165) is 18.4 Å². The van der Waals surface area contributed by atoms with E-state index >= 15 is 0 Å². The Bertz CT molecular complexity index is 642. The number of carbonyl (C=O) groups is 2. The van der Waals surface area contributed by atoms with Crippen molar-refractivity contribution in [3.8, 4) is 11.5 Å². The molecular weight excluding hydrogens is 346 g/mol. The highest BCUT2D eigenvalue weighted by Crippen LogP contribution is 2.32. The van der Waals surface area contributed by atoms with Crippen LogP contribution in [-0.4, -0.2) is 37.6 Å². The van der Waals surface area contributed by atoms with Gasteiger partial charge in [-0.05, 0) is 49.3 Å². The molecule has 1 aliphatic carbocycles. The van der Waals surface area contributed by atoms with E-state index < -0.39 is 6.04 Å². The van der Waals surface area contributed by atoms with Crippen LogP contribution in [0, 0.1) is 5.92 Å². The number of hydrogen-bond acceptors (Lipinski definition) is 5. The Balaban J connectivity index is 1.85. The van der Waals surface area contributed by atoms with Crippen molar-refractivity contribution in [1.29, 1.82) is 0 Å². The molecule has 7 heteroatoms. The first-order chi connectivity index (χ1) is 12.9. The van der Waals surface area contributed by atoms with E-state index in [-0.39, 0.29) is 30.4 Å². The molecule has 2 rings (SSSR count). The van der Waals surface area contributed by atoms with Crippen LogP contribution < -0.4 is 25.8 Å². The molecule has 150 valence electrons. The lowest BCUT2D eigenvalue weighted by Crippen LogP contribution is -2.47. The number of nitrogens with one attached hydrogen (secondary N) is 2. The van der Waals surface area contributed by atoms with Gasteiger partial charge in [-0.2, -0.15) is 0 Å². The van der Waals surface area contributed by atoms with E-state index in [1.54, 1.807) is 7.11 Å². The minimum Gasteiger partial charge on any atom is -0.493 e. The van der Waals surface area contributed by atoms with Gasteiger partial charge in [0.15, 0.2) is 11.5 Å². The maximum Gasteiger partial charge on any atom is 0.239 e. The lowest BCUT2D eigenvalue weighted by atomic mass is 10.1. The van der Waals surface area contributed by atoms with Crippen LogP contribution in [0.15, 0.2) is 18.2 Å². The van der Waals surface area contributed by atoms with Crippen molar-refractivity contribution in [2.24, 2.45) is 11.7 Å². The Morgan fingerprint density at radius 2 is 1.89 bits per heavy atom. The van der Waals surface area contributed by atoms with Crippen LogP contribution in [-0.2, 0) is 16.1 Å². The molecule has 0 saturated heterocycles. The Labute approximate surface area is 161 Å². The van der Waals surface area contributed by atoms with Crippen LogP contribution >= 0.6 is 0 Å². The van der Waals surface area contributed by atoms with Gasteiger partial charge in [0.25, 0.3) is 0 Å². The predicted octanol–water partition coefficient (Wildman–Crippen LogP) is 1.73. The molecule has 4 N–H and O–H groups in total. The van der Waals surface area contributed by atoms with E-state index in [0.29, 0.717) is 18.0 Å². The van der Waals surface area contributed by atoms with E-state index in [9.17, 15) is 9.59 Å². The number of methoxy groups -OCH3 is 1. The van der Waals surface area contributed by atoms with Gasteiger partial charge in [0.05, 0.1) is 25.8 Å². The Kier molecular flexibility index (Phi) is 7.91. The molecule has 0 unspecified atom stereocenters. The average Bonchev–Trinajstić information content (AvgIpc) is 3.16. The summed E-state index contributed by atoms with van der Waals surface area (Å²) >= 11 is 0. The van der Waals surface area contributed by atoms with Gasteiger partial charge in [-0.15, -0.1) is 0 Å². The van der Waals surface area contributed by atoms with Crippen molar-refractivity contribution in [2.45, 2.75) is 58.2 Å². The Morgan fingerprint density at radius 1 is 1.19 bits per heavy atom. The van der Waals surface area contributed by atoms with Gasteiger partial charge in [-0.25, -0.2) is 0 Å². The molecule has 1 aromatic rings. The van der Waals surface area contributed by atoms with Crippen LogP contribution in [0.3, 0.4) is 0 Å². The molecule has 1 aliphatic rings. The van der Waals surface area contributed by atoms with Gasteiger partial charge in [0.2, 0.25) is 11.8 Å². The summed E-state index contributed by atoms with van der Waals surface area (Å²) < 4.78 is 11.4. The molecule has 1 saturated carbocycles. The molecule has 0 bridgehead atoms. The third-order valence-electron chi connectivity index (χ3n) is 4.76. The number of benzene rings is 1. The zero-order valence-corrected chi connectivity index (χ0v) is 16.4. The van der Waals surface area contributed by atoms with Crippen LogP contribution in [0.1, 0.15) is 45.1 Å². The van der Waals surface area contributed by atoms with Crippen molar-refractivity contribution in [3.05, 3.63) is 23.8 Å². The van der Waals surface area contributed by atoms with Gasteiger partial charge in [0.1, 0.15) is 0 Å². The number of amides is 2. The van der Waals surface area contributed by atoms with Crippen LogP contribution in [0.5, 0.6) is 11.5 Å². The first-order valence-corrected chi connectivity index (χ1v) is 9.54. The van der Waals surface area contributed by atoms with Crippen molar-refractivity contribution in [3.63, 3.8) is 0 Å².